The Hall–Kier alpha value is -1.04. The fourth-order valence-electron chi connectivity index (χ4n) is 1.27. The Morgan fingerprint density at radius 1 is 1.38 bits per heavy atom. The second kappa shape index (κ2) is 4.86. The lowest BCUT2D eigenvalue weighted by Gasteiger charge is -2.12. The molecule has 0 bridgehead atoms. The summed E-state index contributed by atoms with van der Waals surface area (Å²) in [5.41, 5.74) is -0.791. The van der Waals surface area contributed by atoms with Crippen LogP contribution in [0.5, 0.6) is 0 Å². The predicted octanol–water partition coefficient (Wildman–Crippen LogP) is 3.49. The first-order chi connectivity index (χ1) is 7.30. The molecular formula is C10H8BrF3O2. The van der Waals surface area contributed by atoms with E-state index >= 15 is 0 Å². The predicted molar refractivity (Wildman–Crippen MR) is 55.1 cm³/mol. The average Bonchev–Trinajstić information content (AvgIpc) is 2.14. The number of aryl methyl sites for hydroxylation is 1. The molecule has 1 N–H and O–H groups in total. The summed E-state index contributed by atoms with van der Waals surface area (Å²) >= 11 is 2.95. The van der Waals surface area contributed by atoms with Gasteiger partial charge in [0.1, 0.15) is 0 Å². The summed E-state index contributed by atoms with van der Waals surface area (Å²) in [5.74, 6) is -1.11. The highest BCUT2D eigenvalue weighted by molar-refractivity contribution is 9.10. The van der Waals surface area contributed by atoms with Crippen LogP contribution in [0.3, 0.4) is 0 Å². The molecule has 2 nitrogen and oxygen atoms in total. The van der Waals surface area contributed by atoms with Crippen LogP contribution in [0.4, 0.5) is 13.2 Å². The summed E-state index contributed by atoms with van der Waals surface area (Å²) in [6, 6.07) is 3.71. The van der Waals surface area contributed by atoms with E-state index < -0.39 is 17.7 Å². The van der Waals surface area contributed by atoms with Gasteiger partial charge in [-0.25, -0.2) is 0 Å². The normalized spacial score (nSPS) is 11.5. The molecule has 1 rings (SSSR count). The number of hydrogen-bond acceptors (Lipinski definition) is 1. The SMILES string of the molecule is O=C(O)CCc1ccc(Br)cc1C(F)(F)F. The van der Waals surface area contributed by atoms with E-state index in [0.29, 0.717) is 4.47 Å². The lowest BCUT2D eigenvalue weighted by Crippen LogP contribution is -2.10. The third-order valence-corrected chi connectivity index (χ3v) is 2.48. The molecule has 1 aromatic rings. The van der Waals surface area contributed by atoms with Crippen molar-refractivity contribution >= 4 is 21.9 Å². The van der Waals surface area contributed by atoms with Crippen LogP contribution in [0.25, 0.3) is 0 Å². The fraction of sp³-hybridized carbons (Fsp3) is 0.300. The first-order valence-corrected chi connectivity index (χ1v) is 5.17. The van der Waals surface area contributed by atoms with Crippen molar-refractivity contribution in [2.24, 2.45) is 0 Å². The number of alkyl halides is 3. The number of halogens is 4. The van der Waals surface area contributed by atoms with Crippen LogP contribution in [0, 0.1) is 0 Å². The van der Waals surface area contributed by atoms with Gasteiger partial charge in [0, 0.05) is 10.9 Å². The maximum absolute atomic E-state index is 12.6. The van der Waals surface area contributed by atoms with Gasteiger partial charge in [0.2, 0.25) is 0 Å². The topological polar surface area (TPSA) is 37.3 Å². The molecule has 0 amide bonds. The maximum atomic E-state index is 12.6. The van der Waals surface area contributed by atoms with Gasteiger partial charge < -0.3 is 5.11 Å². The van der Waals surface area contributed by atoms with E-state index in [1.165, 1.54) is 12.1 Å². The van der Waals surface area contributed by atoms with E-state index in [1.54, 1.807) is 0 Å². The van der Waals surface area contributed by atoms with Crippen molar-refractivity contribution in [2.75, 3.05) is 0 Å². The highest BCUT2D eigenvalue weighted by Crippen LogP contribution is 2.34. The molecule has 0 saturated carbocycles. The number of aliphatic carboxylic acids is 1. The van der Waals surface area contributed by atoms with Crippen molar-refractivity contribution in [3.05, 3.63) is 33.8 Å². The van der Waals surface area contributed by atoms with Gasteiger partial charge in [-0.15, -0.1) is 0 Å². The van der Waals surface area contributed by atoms with Crippen LogP contribution in [0.2, 0.25) is 0 Å². The molecule has 88 valence electrons. The zero-order valence-corrected chi connectivity index (χ0v) is 9.60. The Bertz CT molecular complexity index is 402. The van der Waals surface area contributed by atoms with Gasteiger partial charge in [-0.1, -0.05) is 22.0 Å². The summed E-state index contributed by atoms with van der Waals surface area (Å²) in [5, 5.41) is 8.43. The molecule has 0 spiro atoms. The minimum absolute atomic E-state index is 0.00176. The van der Waals surface area contributed by atoms with Gasteiger partial charge in [0.25, 0.3) is 0 Å². The van der Waals surface area contributed by atoms with Gasteiger partial charge in [-0.05, 0) is 24.1 Å². The van der Waals surface area contributed by atoms with Crippen LogP contribution in [-0.4, -0.2) is 11.1 Å². The number of carboxylic acids is 1. The van der Waals surface area contributed by atoms with E-state index in [1.807, 2.05) is 0 Å². The number of carboxylic acid groups (broad SMARTS) is 1. The van der Waals surface area contributed by atoms with Crippen molar-refractivity contribution in [1.82, 2.24) is 0 Å². The summed E-state index contributed by atoms with van der Waals surface area (Å²) in [4.78, 5) is 10.3. The molecule has 0 heterocycles. The highest BCUT2D eigenvalue weighted by Gasteiger charge is 2.33. The molecule has 0 atom stereocenters. The minimum atomic E-state index is -4.46. The summed E-state index contributed by atoms with van der Waals surface area (Å²) in [6.45, 7) is 0. The molecule has 0 aromatic heterocycles. The van der Waals surface area contributed by atoms with E-state index in [2.05, 4.69) is 15.9 Å². The summed E-state index contributed by atoms with van der Waals surface area (Å²) in [6.07, 6.45) is -4.90. The van der Waals surface area contributed by atoms with Crippen LogP contribution in [0.1, 0.15) is 17.5 Å². The summed E-state index contributed by atoms with van der Waals surface area (Å²) < 4.78 is 38.1. The highest BCUT2D eigenvalue weighted by atomic mass is 79.9. The molecule has 0 aliphatic heterocycles. The van der Waals surface area contributed by atoms with Crippen LogP contribution >= 0.6 is 15.9 Å². The van der Waals surface area contributed by atoms with E-state index in [4.69, 9.17) is 5.11 Å². The third kappa shape index (κ3) is 3.52. The monoisotopic (exact) mass is 296 g/mol. The molecule has 6 heteroatoms. The van der Waals surface area contributed by atoms with Gasteiger partial charge in [0.05, 0.1) is 5.56 Å². The molecule has 16 heavy (non-hydrogen) atoms. The molecule has 0 saturated heterocycles. The van der Waals surface area contributed by atoms with Crippen molar-refractivity contribution in [3.63, 3.8) is 0 Å². The zero-order valence-electron chi connectivity index (χ0n) is 8.01. The smallest absolute Gasteiger partial charge is 0.416 e. The fourth-order valence-corrected chi connectivity index (χ4v) is 1.63. The second-order valence-electron chi connectivity index (χ2n) is 3.19. The Kier molecular flexibility index (Phi) is 3.96. The molecule has 0 aliphatic rings. The quantitative estimate of drug-likeness (QED) is 0.927. The first kappa shape index (κ1) is 13.0. The van der Waals surface area contributed by atoms with Crippen LogP contribution < -0.4 is 0 Å². The second-order valence-corrected chi connectivity index (χ2v) is 4.11. The van der Waals surface area contributed by atoms with Gasteiger partial charge in [-0.3, -0.25) is 4.79 Å². The third-order valence-electron chi connectivity index (χ3n) is 1.99. The van der Waals surface area contributed by atoms with E-state index in [-0.39, 0.29) is 18.4 Å². The number of rotatable bonds is 3. The Morgan fingerprint density at radius 2 is 2.00 bits per heavy atom. The van der Waals surface area contributed by atoms with Crippen molar-refractivity contribution in [2.45, 2.75) is 19.0 Å². The van der Waals surface area contributed by atoms with Crippen molar-refractivity contribution in [3.8, 4) is 0 Å². The lowest BCUT2D eigenvalue weighted by atomic mass is 10.0. The van der Waals surface area contributed by atoms with E-state index in [0.717, 1.165) is 6.07 Å². The Labute approximate surface area is 98.2 Å². The van der Waals surface area contributed by atoms with Gasteiger partial charge in [0.15, 0.2) is 0 Å². The Balaban J connectivity index is 3.03. The minimum Gasteiger partial charge on any atom is -0.481 e. The molecule has 0 radical (unpaired) electrons. The Morgan fingerprint density at radius 3 is 2.50 bits per heavy atom. The molecule has 0 unspecified atom stereocenters. The largest absolute Gasteiger partial charge is 0.481 e. The maximum Gasteiger partial charge on any atom is 0.416 e. The number of hydrogen-bond donors (Lipinski definition) is 1. The standard InChI is InChI=1S/C10H8BrF3O2/c11-7-3-1-6(2-4-9(15)16)8(5-7)10(12,13)14/h1,3,5H,2,4H2,(H,15,16). The number of benzene rings is 1. The average molecular weight is 297 g/mol. The molecule has 0 fully saturated rings. The van der Waals surface area contributed by atoms with Crippen molar-refractivity contribution < 1.29 is 23.1 Å². The van der Waals surface area contributed by atoms with Crippen molar-refractivity contribution in [1.29, 1.82) is 0 Å². The van der Waals surface area contributed by atoms with Crippen LogP contribution in [-0.2, 0) is 17.4 Å². The van der Waals surface area contributed by atoms with Gasteiger partial charge >= 0.3 is 12.1 Å². The van der Waals surface area contributed by atoms with E-state index in [9.17, 15) is 18.0 Å². The van der Waals surface area contributed by atoms with Crippen LogP contribution in [0.15, 0.2) is 22.7 Å². The molecule has 1 aromatic carbocycles. The lowest BCUT2D eigenvalue weighted by molar-refractivity contribution is -0.140. The number of carbonyl (C=O) groups is 1. The first-order valence-electron chi connectivity index (χ1n) is 4.38. The summed E-state index contributed by atoms with van der Waals surface area (Å²) in [7, 11) is 0. The zero-order chi connectivity index (χ0) is 12.3. The molecule has 0 aliphatic carbocycles. The van der Waals surface area contributed by atoms with Gasteiger partial charge in [-0.2, -0.15) is 13.2 Å². The molecular weight excluding hydrogens is 289 g/mol.